The Morgan fingerprint density at radius 3 is 2.68 bits per heavy atom. The summed E-state index contributed by atoms with van der Waals surface area (Å²) in [5, 5.41) is 2.57. The van der Waals surface area contributed by atoms with Crippen molar-refractivity contribution in [3.05, 3.63) is 71.2 Å². The quantitative estimate of drug-likeness (QED) is 0.292. The van der Waals surface area contributed by atoms with Crippen LogP contribution in [-0.2, 0) is 22.6 Å². The molecule has 4 rings (SSSR count). The Bertz CT molecular complexity index is 1300. The smallest absolute Gasteiger partial charge is 0.306 e. The van der Waals surface area contributed by atoms with Crippen molar-refractivity contribution in [3.63, 3.8) is 0 Å². The number of rotatable bonds is 9. The molecule has 0 fully saturated rings. The first kappa shape index (κ1) is 23.4. The maximum absolute atomic E-state index is 13.9. The highest BCUT2D eigenvalue weighted by Gasteiger charge is 2.14. The van der Waals surface area contributed by atoms with Gasteiger partial charge in [0, 0.05) is 23.4 Å². The minimum absolute atomic E-state index is 0.0263. The number of nitrogens with zero attached hydrogens (tertiary/aromatic N) is 2. The molecule has 2 aromatic heterocycles. The van der Waals surface area contributed by atoms with E-state index in [1.165, 1.54) is 23.6 Å². The largest absolute Gasteiger partial charge is 0.493 e. The van der Waals surface area contributed by atoms with Crippen LogP contribution in [0.2, 0.25) is 0 Å². The molecule has 0 atom stereocenters. The van der Waals surface area contributed by atoms with Crippen molar-refractivity contribution in [1.82, 2.24) is 9.97 Å². The van der Waals surface area contributed by atoms with Crippen LogP contribution >= 0.6 is 11.3 Å². The lowest BCUT2D eigenvalue weighted by Crippen LogP contribution is -2.06. The van der Waals surface area contributed by atoms with Gasteiger partial charge in [-0.2, -0.15) is 0 Å². The Balaban J connectivity index is 1.30. The topological polar surface area (TPSA) is 83.7 Å². The van der Waals surface area contributed by atoms with Gasteiger partial charge in [-0.15, -0.1) is 11.3 Å². The third-order valence-corrected chi connectivity index (χ3v) is 5.80. The second-order valence-electron chi connectivity index (χ2n) is 7.12. The molecule has 0 bridgehead atoms. The fourth-order valence-corrected chi connectivity index (χ4v) is 3.95. The molecule has 0 saturated heterocycles. The number of aryl methyl sites for hydroxylation is 1. The van der Waals surface area contributed by atoms with Crippen LogP contribution in [0, 0.1) is 11.6 Å². The molecule has 0 N–H and O–H groups in total. The van der Waals surface area contributed by atoms with Crippen LogP contribution in [0.25, 0.3) is 21.9 Å². The molecule has 0 aliphatic carbocycles. The summed E-state index contributed by atoms with van der Waals surface area (Å²) in [5.74, 6) is -0.255. The molecule has 34 heavy (non-hydrogen) atoms. The second-order valence-corrected chi connectivity index (χ2v) is 7.97. The number of halogens is 2. The average molecular weight is 486 g/mol. The summed E-state index contributed by atoms with van der Waals surface area (Å²) in [6, 6.07) is 8.67. The van der Waals surface area contributed by atoms with Crippen LogP contribution in [0.1, 0.15) is 18.0 Å². The predicted molar refractivity (Wildman–Crippen MR) is 121 cm³/mol. The predicted octanol–water partition coefficient (Wildman–Crippen LogP) is 5.44. The zero-order valence-electron chi connectivity index (χ0n) is 18.3. The minimum Gasteiger partial charge on any atom is -0.493 e. The van der Waals surface area contributed by atoms with Crippen molar-refractivity contribution in [2.75, 3.05) is 14.2 Å². The third-order valence-electron chi connectivity index (χ3n) is 4.86. The number of aromatic nitrogens is 2. The van der Waals surface area contributed by atoms with Gasteiger partial charge in [0.2, 0.25) is 0 Å². The first-order valence-corrected chi connectivity index (χ1v) is 11.1. The Morgan fingerprint density at radius 2 is 1.91 bits per heavy atom. The molecule has 0 amide bonds. The summed E-state index contributed by atoms with van der Waals surface area (Å²) in [7, 11) is 3.13. The zero-order chi connectivity index (χ0) is 24.1. The molecular formula is C24H20F2N2O5S. The summed E-state index contributed by atoms with van der Waals surface area (Å²) in [6.07, 6.45) is 1.54. The van der Waals surface area contributed by atoms with Gasteiger partial charge in [-0.1, -0.05) is 0 Å². The summed E-state index contributed by atoms with van der Waals surface area (Å²) >= 11 is 1.42. The number of benzene rings is 2. The fraction of sp³-hybridized carbons (Fsp3) is 0.208. The molecule has 0 aliphatic rings. The van der Waals surface area contributed by atoms with Gasteiger partial charge in [0.1, 0.15) is 23.2 Å². The highest BCUT2D eigenvalue weighted by Crippen LogP contribution is 2.33. The maximum Gasteiger partial charge on any atom is 0.306 e. The van der Waals surface area contributed by atoms with Gasteiger partial charge in [-0.3, -0.25) is 4.79 Å². The molecule has 0 unspecified atom stereocenters. The van der Waals surface area contributed by atoms with E-state index in [4.69, 9.17) is 18.6 Å². The highest BCUT2D eigenvalue weighted by atomic mass is 32.1. The highest BCUT2D eigenvalue weighted by molar-refractivity contribution is 7.13. The van der Waals surface area contributed by atoms with Crippen molar-refractivity contribution in [2.24, 2.45) is 0 Å². The Morgan fingerprint density at radius 1 is 1.09 bits per heavy atom. The molecule has 0 saturated carbocycles. The van der Waals surface area contributed by atoms with Crippen molar-refractivity contribution in [3.8, 4) is 33.4 Å². The minimum atomic E-state index is -0.752. The molecule has 4 aromatic rings. The Kier molecular flexibility index (Phi) is 7.17. The van der Waals surface area contributed by atoms with Crippen LogP contribution in [-0.4, -0.2) is 30.2 Å². The second kappa shape index (κ2) is 10.4. The van der Waals surface area contributed by atoms with E-state index in [0.717, 1.165) is 22.7 Å². The van der Waals surface area contributed by atoms with Crippen molar-refractivity contribution in [2.45, 2.75) is 19.4 Å². The molecular weight excluding hydrogens is 466 g/mol. The molecule has 0 radical (unpaired) electrons. The van der Waals surface area contributed by atoms with Crippen LogP contribution in [0.4, 0.5) is 8.78 Å². The van der Waals surface area contributed by atoms with E-state index in [-0.39, 0.29) is 36.7 Å². The van der Waals surface area contributed by atoms with E-state index in [0.29, 0.717) is 17.2 Å². The monoisotopic (exact) mass is 486 g/mol. The first-order chi connectivity index (χ1) is 16.5. The standard InChI is InChI=1S/C24H20F2N2O5S/c1-30-19-6-3-14(9-20(19)31-2)24-28-16(13-34-24)12-32-23(29)8-7-22-27-11-21(33-22)17-5-4-15(25)10-18(17)26/h3-6,9-11,13H,7-8,12H2,1-2H3. The van der Waals surface area contributed by atoms with Crippen LogP contribution < -0.4 is 9.47 Å². The molecule has 0 aliphatic heterocycles. The van der Waals surface area contributed by atoms with Gasteiger partial charge in [0.05, 0.1) is 38.1 Å². The number of oxazole rings is 1. The van der Waals surface area contributed by atoms with Gasteiger partial charge >= 0.3 is 5.97 Å². The van der Waals surface area contributed by atoms with E-state index in [9.17, 15) is 13.6 Å². The lowest BCUT2D eigenvalue weighted by atomic mass is 10.2. The number of carbonyl (C=O) groups is 1. The van der Waals surface area contributed by atoms with E-state index in [2.05, 4.69) is 9.97 Å². The number of thiazole rings is 1. The van der Waals surface area contributed by atoms with E-state index < -0.39 is 17.6 Å². The third kappa shape index (κ3) is 5.40. The van der Waals surface area contributed by atoms with Crippen LogP contribution in [0.15, 0.2) is 52.4 Å². The number of hydrogen-bond donors (Lipinski definition) is 0. The van der Waals surface area contributed by atoms with Gasteiger partial charge in [0.15, 0.2) is 23.1 Å². The maximum atomic E-state index is 13.9. The lowest BCUT2D eigenvalue weighted by Gasteiger charge is -2.08. The van der Waals surface area contributed by atoms with Crippen molar-refractivity contribution < 1.29 is 32.2 Å². The number of esters is 1. The number of hydrogen-bond acceptors (Lipinski definition) is 8. The number of carbonyl (C=O) groups excluding carboxylic acids is 1. The van der Waals surface area contributed by atoms with E-state index in [1.54, 1.807) is 20.3 Å². The van der Waals surface area contributed by atoms with Gasteiger partial charge in [0.25, 0.3) is 0 Å². The Labute approximate surface area is 197 Å². The molecule has 7 nitrogen and oxygen atoms in total. The number of methoxy groups -OCH3 is 2. The average Bonchev–Trinajstić information content (AvgIpc) is 3.51. The fourth-order valence-electron chi connectivity index (χ4n) is 3.15. The van der Waals surface area contributed by atoms with Crippen molar-refractivity contribution in [1.29, 1.82) is 0 Å². The van der Waals surface area contributed by atoms with E-state index >= 15 is 0 Å². The van der Waals surface area contributed by atoms with Gasteiger partial charge < -0.3 is 18.6 Å². The molecule has 0 spiro atoms. The van der Waals surface area contributed by atoms with Crippen molar-refractivity contribution >= 4 is 17.3 Å². The van der Waals surface area contributed by atoms with Crippen LogP contribution in [0.3, 0.4) is 0 Å². The SMILES string of the molecule is COc1ccc(-c2nc(COC(=O)CCc3ncc(-c4ccc(F)cc4F)o3)cs2)cc1OC. The molecule has 2 aromatic carbocycles. The zero-order valence-corrected chi connectivity index (χ0v) is 19.2. The molecule has 2 heterocycles. The summed E-state index contributed by atoms with van der Waals surface area (Å²) in [5.41, 5.74) is 1.57. The number of ether oxygens (including phenoxy) is 3. The summed E-state index contributed by atoms with van der Waals surface area (Å²) in [4.78, 5) is 20.7. The summed E-state index contributed by atoms with van der Waals surface area (Å²) < 4.78 is 48.3. The molecule has 10 heteroatoms. The molecule has 176 valence electrons. The Hall–Kier alpha value is -3.79. The first-order valence-electron chi connectivity index (χ1n) is 10.2. The summed E-state index contributed by atoms with van der Waals surface area (Å²) in [6.45, 7) is 0.0280. The van der Waals surface area contributed by atoms with E-state index in [1.807, 2.05) is 17.5 Å². The van der Waals surface area contributed by atoms with Gasteiger partial charge in [-0.25, -0.2) is 18.7 Å². The normalized spacial score (nSPS) is 10.8. The lowest BCUT2D eigenvalue weighted by molar-refractivity contribution is -0.145. The van der Waals surface area contributed by atoms with Crippen LogP contribution in [0.5, 0.6) is 11.5 Å². The van der Waals surface area contributed by atoms with Gasteiger partial charge in [-0.05, 0) is 30.3 Å².